The van der Waals surface area contributed by atoms with E-state index in [0.29, 0.717) is 20.9 Å². The lowest BCUT2D eigenvalue weighted by molar-refractivity contribution is -0.254. The lowest BCUT2D eigenvalue weighted by atomic mass is 9.94. The smallest absolute Gasteiger partial charge is 0.194 e. The van der Waals surface area contributed by atoms with Gasteiger partial charge in [0.25, 0.3) is 0 Å². The first-order valence-electron chi connectivity index (χ1n) is 11.2. The van der Waals surface area contributed by atoms with Crippen molar-refractivity contribution in [1.29, 1.82) is 0 Å². The minimum absolute atomic E-state index is 0.265. The van der Waals surface area contributed by atoms with Crippen LogP contribution in [-0.4, -0.2) is 17.8 Å². The van der Waals surface area contributed by atoms with Gasteiger partial charge in [0.15, 0.2) is 0 Å². The van der Waals surface area contributed by atoms with E-state index < -0.39 is 28.9 Å². The Kier molecular flexibility index (Phi) is 6.43. The standard InChI is InChI=1S/C28H19F6IS2/c1-14-4-6-17(7-5-14)22-12-20(15(2)36-22)24-25(27(31,32)28(33,34)26(24,29)30)21-13-23(37-16(21)3)18-8-10-19(35)11-9-18/h4-13H,1-3H3. The first kappa shape index (κ1) is 26.5. The number of rotatable bonds is 4. The lowest BCUT2D eigenvalue weighted by Crippen LogP contribution is -2.48. The first-order valence-corrected chi connectivity index (χ1v) is 13.9. The third-order valence-corrected chi connectivity index (χ3v) is 9.42. The number of benzene rings is 2. The van der Waals surface area contributed by atoms with Crippen molar-refractivity contribution in [2.45, 2.75) is 38.5 Å². The van der Waals surface area contributed by atoms with Crippen molar-refractivity contribution in [3.8, 4) is 20.9 Å². The molecule has 0 bridgehead atoms. The Morgan fingerprint density at radius 1 is 0.595 bits per heavy atom. The topological polar surface area (TPSA) is 0 Å². The zero-order chi connectivity index (χ0) is 26.9. The summed E-state index contributed by atoms with van der Waals surface area (Å²) < 4.78 is 92.1. The summed E-state index contributed by atoms with van der Waals surface area (Å²) in [5, 5.41) is 0. The molecule has 1 aliphatic rings. The van der Waals surface area contributed by atoms with Gasteiger partial charge in [0.05, 0.1) is 0 Å². The predicted octanol–water partition coefficient (Wildman–Crippen LogP) is 10.5. The van der Waals surface area contributed by atoms with Crippen LogP contribution >= 0.6 is 45.3 Å². The second kappa shape index (κ2) is 8.98. The van der Waals surface area contributed by atoms with Crippen LogP contribution in [0.3, 0.4) is 0 Å². The summed E-state index contributed by atoms with van der Waals surface area (Å²) in [5.74, 6) is -15.7. The van der Waals surface area contributed by atoms with E-state index in [4.69, 9.17) is 0 Å². The molecule has 0 amide bonds. The van der Waals surface area contributed by atoms with E-state index in [1.54, 1.807) is 24.3 Å². The van der Waals surface area contributed by atoms with E-state index in [0.717, 1.165) is 31.8 Å². The molecular weight excluding hydrogens is 641 g/mol. The molecule has 9 heteroatoms. The number of hydrogen-bond acceptors (Lipinski definition) is 2. The van der Waals surface area contributed by atoms with Crippen LogP contribution in [0.1, 0.15) is 26.4 Å². The van der Waals surface area contributed by atoms with Gasteiger partial charge >= 0.3 is 17.8 Å². The van der Waals surface area contributed by atoms with Crippen LogP contribution in [0.2, 0.25) is 0 Å². The fourth-order valence-electron chi connectivity index (χ4n) is 4.51. The molecule has 0 radical (unpaired) electrons. The van der Waals surface area contributed by atoms with Crippen LogP contribution in [0.15, 0.2) is 60.7 Å². The zero-order valence-electron chi connectivity index (χ0n) is 19.7. The van der Waals surface area contributed by atoms with E-state index in [1.807, 2.05) is 31.2 Å². The molecule has 0 spiro atoms. The van der Waals surface area contributed by atoms with Crippen molar-refractivity contribution in [2.24, 2.45) is 0 Å². The van der Waals surface area contributed by atoms with E-state index in [-0.39, 0.29) is 20.9 Å². The molecule has 0 saturated heterocycles. The number of thiophene rings is 2. The maximum Gasteiger partial charge on any atom is 0.380 e. The molecule has 0 unspecified atom stereocenters. The monoisotopic (exact) mass is 660 g/mol. The van der Waals surface area contributed by atoms with Gasteiger partial charge in [0, 0.05) is 34.2 Å². The Hall–Kier alpha value is -2.11. The Morgan fingerprint density at radius 2 is 0.973 bits per heavy atom. The quantitative estimate of drug-likeness (QED) is 0.151. The third kappa shape index (κ3) is 4.08. The van der Waals surface area contributed by atoms with Crippen LogP contribution in [-0.2, 0) is 0 Å². The highest BCUT2D eigenvalue weighted by atomic mass is 127. The fraction of sp³-hybridized carbons (Fsp3) is 0.214. The summed E-state index contributed by atoms with van der Waals surface area (Å²) in [6, 6.07) is 17.1. The van der Waals surface area contributed by atoms with E-state index >= 15 is 17.6 Å². The molecule has 2 aromatic carbocycles. The molecule has 0 N–H and O–H groups in total. The van der Waals surface area contributed by atoms with Gasteiger partial charge in [0.2, 0.25) is 0 Å². The van der Waals surface area contributed by atoms with E-state index in [1.165, 1.54) is 26.0 Å². The molecule has 1 aliphatic carbocycles. The fourth-order valence-corrected chi connectivity index (χ4v) is 6.93. The van der Waals surface area contributed by atoms with Crippen molar-refractivity contribution in [1.82, 2.24) is 0 Å². The van der Waals surface area contributed by atoms with Crippen LogP contribution in [0.5, 0.6) is 0 Å². The Morgan fingerprint density at radius 3 is 1.38 bits per heavy atom. The van der Waals surface area contributed by atoms with Gasteiger partial charge in [0.1, 0.15) is 0 Å². The maximum absolute atomic E-state index is 15.4. The van der Waals surface area contributed by atoms with Crippen molar-refractivity contribution in [3.63, 3.8) is 0 Å². The molecule has 0 nitrogen and oxygen atoms in total. The van der Waals surface area contributed by atoms with Gasteiger partial charge in [-0.3, -0.25) is 0 Å². The number of hydrogen-bond donors (Lipinski definition) is 0. The molecular formula is C28H19F6IS2. The minimum Gasteiger partial charge on any atom is -0.194 e. The van der Waals surface area contributed by atoms with Crippen molar-refractivity contribution in [2.75, 3.05) is 0 Å². The van der Waals surface area contributed by atoms with Gasteiger partial charge in [-0.25, -0.2) is 0 Å². The average molecular weight is 660 g/mol. The highest BCUT2D eigenvalue weighted by molar-refractivity contribution is 14.1. The molecule has 192 valence electrons. The molecule has 0 atom stereocenters. The Bertz CT molecular complexity index is 1410. The van der Waals surface area contributed by atoms with E-state index in [9.17, 15) is 8.78 Å². The summed E-state index contributed by atoms with van der Waals surface area (Å²) in [7, 11) is 0. The average Bonchev–Trinajstić information content (AvgIpc) is 3.42. The third-order valence-electron chi connectivity index (χ3n) is 6.51. The molecule has 5 rings (SSSR count). The minimum atomic E-state index is -5.58. The second-order valence-corrected chi connectivity index (χ2v) is 12.8. The van der Waals surface area contributed by atoms with Crippen molar-refractivity contribution >= 4 is 56.4 Å². The van der Waals surface area contributed by atoms with Gasteiger partial charge in [-0.1, -0.05) is 42.0 Å². The lowest BCUT2D eigenvalue weighted by Gasteiger charge is -2.25. The summed E-state index contributed by atoms with van der Waals surface area (Å²) >= 11 is 4.34. The largest absolute Gasteiger partial charge is 0.380 e. The maximum atomic E-state index is 15.4. The summed E-state index contributed by atoms with van der Waals surface area (Å²) in [4.78, 5) is 1.60. The van der Waals surface area contributed by atoms with E-state index in [2.05, 4.69) is 22.6 Å². The van der Waals surface area contributed by atoms with Crippen molar-refractivity contribution in [3.05, 3.63) is 90.7 Å². The highest BCUT2D eigenvalue weighted by Crippen LogP contribution is 2.66. The zero-order valence-corrected chi connectivity index (χ0v) is 23.5. The number of aryl methyl sites for hydroxylation is 3. The van der Waals surface area contributed by atoms with Crippen LogP contribution < -0.4 is 0 Å². The van der Waals surface area contributed by atoms with Crippen LogP contribution in [0.25, 0.3) is 32.0 Å². The highest BCUT2D eigenvalue weighted by Gasteiger charge is 2.80. The number of alkyl halides is 6. The molecule has 0 saturated carbocycles. The summed E-state index contributed by atoms with van der Waals surface area (Å²) in [6.07, 6.45) is 0. The molecule has 2 aromatic heterocycles. The summed E-state index contributed by atoms with van der Waals surface area (Å²) in [6.45, 7) is 4.87. The van der Waals surface area contributed by atoms with Gasteiger partial charge in [-0.15, -0.1) is 22.7 Å². The second-order valence-electron chi connectivity index (χ2n) is 9.01. The molecule has 2 heterocycles. The SMILES string of the molecule is Cc1ccc(-c2cc(C3=C(c4cc(-c5ccc(I)cc5)sc4C)C(F)(F)C(F)(F)C3(F)F)c(C)s2)cc1. The van der Waals surface area contributed by atoms with Gasteiger partial charge in [-0.05, 0) is 89.9 Å². The molecule has 37 heavy (non-hydrogen) atoms. The first-order chi connectivity index (χ1) is 17.3. The molecule has 4 aromatic rings. The summed E-state index contributed by atoms with van der Waals surface area (Å²) in [5.41, 5.74) is -0.791. The Labute approximate surface area is 231 Å². The molecule has 0 aliphatic heterocycles. The number of halogens is 7. The van der Waals surface area contributed by atoms with Crippen LogP contribution in [0, 0.1) is 24.3 Å². The van der Waals surface area contributed by atoms with Crippen molar-refractivity contribution < 1.29 is 26.3 Å². The normalized spacial score (nSPS) is 18.0. The van der Waals surface area contributed by atoms with Crippen LogP contribution in [0.4, 0.5) is 26.3 Å². The molecule has 0 fully saturated rings. The van der Waals surface area contributed by atoms with Gasteiger partial charge in [-0.2, -0.15) is 26.3 Å². The predicted molar refractivity (Wildman–Crippen MR) is 148 cm³/mol. The Balaban J connectivity index is 1.76. The van der Waals surface area contributed by atoms with Gasteiger partial charge < -0.3 is 0 Å². The number of allylic oxidation sites excluding steroid dienone is 2.